The first kappa shape index (κ1) is 11.3. The molecule has 1 saturated heterocycles. The summed E-state index contributed by atoms with van der Waals surface area (Å²) >= 11 is 4.77. The molecule has 0 saturated carbocycles. The maximum atomic E-state index is 11.3. The summed E-state index contributed by atoms with van der Waals surface area (Å²) in [5.74, 6) is -1.54. The van der Waals surface area contributed by atoms with Crippen molar-refractivity contribution in [3.05, 3.63) is 41.1 Å². The van der Waals surface area contributed by atoms with Crippen molar-refractivity contribution >= 4 is 35.3 Å². The van der Waals surface area contributed by atoms with Crippen LogP contribution in [-0.2, 0) is 4.79 Å². The fraction of sp³-hybridized carbons (Fsp3) is 0. The SMILES string of the molecule is O=C1NC(=S)N/C1=C\c1ccc(C(=O)[O-])cc1. The Bertz CT molecular complexity index is 534. The van der Waals surface area contributed by atoms with E-state index in [9.17, 15) is 14.7 Å². The van der Waals surface area contributed by atoms with E-state index in [4.69, 9.17) is 12.2 Å². The molecule has 0 spiro atoms. The Kier molecular flexibility index (Phi) is 2.88. The van der Waals surface area contributed by atoms with Crippen molar-refractivity contribution in [1.29, 1.82) is 0 Å². The van der Waals surface area contributed by atoms with Gasteiger partial charge >= 0.3 is 0 Å². The highest BCUT2D eigenvalue weighted by molar-refractivity contribution is 7.80. The van der Waals surface area contributed by atoms with Gasteiger partial charge in [-0.25, -0.2) is 0 Å². The van der Waals surface area contributed by atoms with Gasteiger partial charge < -0.3 is 15.2 Å². The largest absolute Gasteiger partial charge is 0.545 e. The van der Waals surface area contributed by atoms with Gasteiger partial charge in [0.2, 0.25) is 0 Å². The topological polar surface area (TPSA) is 81.3 Å². The van der Waals surface area contributed by atoms with Crippen molar-refractivity contribution in [2.24, 2.45) is 0 Å². The van der Waals surface area contributed by atoms with Gasteiger partial charge in [-0.1, -0.05) is 24.3 Å². The Hall–Kier alpha value is -2.21. The standard InChI is InChI=1S/C11H8N2O3S/c14-9-8(12-11(17)13-9)5-6-1-3-7(4-2-6)10(15)16/h1-5H,(H,15,16)(H2,12,13,14,17)/p-1/b8-5-. The lowest BCUT2D eigenvalue weighted by Crippen LogP contribution is -2.21. The summed E-state index contributed by atoms with van der Waals surface area (Å²) in [6, 6.07) is 5.97. The summed E-state index contributed by atoms with van der Waals surface area (Å²) in [6.45, 7) is 0. The minimum atomic E-state index is -1.23. The molecule has 0 bridgehead atoms. The normalized spacial score (nSPS) is 16.8. The molecule has 0 unspecified atom stereocenters. The third kappa shape index (κ3) is 2.48. The van der Waals surface area contributed by atoms with Crippen LogP contribution in [-0.4, -0.2) is 17.0 Å². The number of benzene rings is 1. The van der Waals surface area contributed by atoms with Crippen LogP contribution in [0.4, 0.5) is 0 Å². The number of carbonyl (C=O) groups excluding carboxylic acids is 2. The second-order valence-corrected chi connectivity index (χ2v) is 3.78. The smallest absolute Gasteiger partial charge is 0.273 e. The van der Waals surface area contributed by atoms with Crippen LogP contribution in [0.3, 0.4) is 0 Å². The minimum absolute atomic E-state index is 0.0894. The maximum absolute atomic E-state index is 11.3. The van der Waals surface area contributed by atoms with Crippen molar-refractivity contribution in [1.82, 2.24) is 10.6 Å². The third-order valence-corrected chi connectivity index (χ3v) is 2.38. The molecule has 1 aliphatic rings. The van der Waals surface area contributed by atoms with Crippen LogP contribution in [0.2, 0.25) is 0 Å². The highest BCUT2D eigenvalue weighted by Gasteiger charge is 2.19. The molecule has 1 heterocycles. The molecule has 0 aliphatic carbocycles. The summed E-state index contributed by atoms with van der Waals surface area (Å²) in [6.07, 6.45) is 1.58. The van der Waals surface area contributed by atoms with Crippen LogP contribution in [0.15, 0.2) is 30.0 Å². The van der Waals surface area contributed by atoms with Crippen molar-refractivity contribution < 1.29 is 14.7 Å². The average Bonchev–Trinajstić information content (AvgIpc) is 2.58. The summed E-state index contributed by atoms with van der Waals surface area (Å²) in [7, 11) is 0. The Morgan fingerprint density at radius 1 is 1.24 bits per heavy atom. The molecule has 86 valence electrons. The summed E-state index contributed by atoms with van der Waals surface area (Å²) in [5, 5.41) is 15.9. The van der Waals surface area contributed by atoms with E-state index in [1.165, 1.54) is 12.1 Å². The number of carboxylic acid groups (broad SMARTS) is 1. The zero-order chi connectivity index (χ0) is 12.4. The van der Waals surface area contributed by atoms with Gasteiger partial charge in [0.1, 0.15) is 5.70 Å². The Morgan fingerprint density at radius 2 is 1.88 bits per heavy atom. The lowest BCUT2D eigenvalue weighted by atomic mass is 10.1. The number of amides is 1. The van der Waals surface area contributed by atoms with E-state index in [1.54, 1.807) is 18.2 Å². The van der Waals surface area contributed by atoms with Crippen molar-refractivity contribution in [2.45, 2.75) is 0 Å². The van der Waals surface area contributed by atoms with E-state index in [-0.39, 0.29) is 16.6 Å². The number of hydrogen-bond donors (Lipinski definition) is 2. The molecule has 2 N–H and O–H groups in total. The molecule has 1 aliphatic heterocycles. The number of carbonyl (C=O) groups is 2. The van der Waals surface area contributed by atoms with Gasteiger partial charge in [0, 0.05) is 0 Å². The highest BCUT2D eigenvalue weighted by Crippen LogP contribution is 2.09. The number of aromatic carboxylic acids is 1. The first-order valence-electron chi connectivity index (χ1n) is 4.72. The monoisotopic (exact) mass is 247 g/mol. The molecular formula is C11H7N2O3S-. The van der Waals surface area contributed by atoms with Gasteiger partial charge in [-0.15, -0.1) is 0 Å². The first-order valence-corrected chi connectivity index (χ1v) is 5.12. The van der Waals surface area contributed by atoms with E-state index in [2.05, 4.69) is 10.6 Å². The molecule has 1 amide bonds. The van der Waals surface area contributed by atoms with E-state index in [0.29, 0.717) is 11.3 Å². The Balaban J connectivity index is 2.24. The lowest BCUT2D eigenvalue weighted by molar-refractivity contribution is -0.255. The Labute approximate surface area is 102 Å². The van der Waals surface area contributed by atoms with E-state index in [0.717, 1.165) is 0 Å². The number of nitrogens with one attached hydrogen (secondary N) is 2. The van der Waals surface area contributed by atoms with Crippen LogP contribution in [0.25, 0.3) is 6.08 Å². The van der Waals surface area contributed by atoms with E-state index >= 15 is 0 Å². The molecule has 0 atom stereocenters. The lowest BCUT2D eigenvalue weighted by Gasteiger charge is -2.02. The van der Waals surface area contributed by atoms with Crippen LogP contribution in [0.1, 0.15) is 15.9 Å². The fourth-order valence-electron chi connectivity index (χ4n) is 1.36. The summed E-state index contributed by atoms with van der Waals surface area (Å²) in [5.41, 5.74) is 1.11. The second kappa shape index (κ2) is 4.34. The van der Waals surface area contributed by atoms with Crippen LogP contribution in [0, 0.1) is 0 Å². The molecule has 1 aromatic carbocycles. The number of rotatable bonds is 2. The van der Waals surface area contributed by atoms with Gasteiger partial charge in [0.15, 0.2) is 5.11 Å². The fourth-order valence-corrected chi connectivity index (χ4v) is 1.57. The molecular weight excluding hydrogens is 240 g/mol. The molecule has 1 aromatic rings. The molecule has 5 nitrogen and oxygen atoms in total. The number of carboxylic acids is 1. The van der Waals surface area contributed by atoms with Gasteiger partial charge in [0.05, 0.1) is 5.97 Å². The zero-order valence-electron chi connectivity index (χ0n) is 8.52. The van der Waals surface area contributed by atoms with Crippen LogP contribution >= 0.6 is 12.2 Å². The summed E-state index contributed by atoms with van der Waals surface area (Å²) < 4.78 is 0. The minimum Gasteiger partial charge on any atom is -0.545 e. The molecule has 6 heteroatoms. The van der Waals surface area contributed by atoms with E-state index < -0.39 is 5.97 Å². The predicted molar refractivity (Wildman–Crippen MR) is 62.6 cm³/mol. The molecule has 0 aromatic heterocycles. The quantitative estimate of drug-likeness (QED) is 0.538. The van der Waals surface area contributed by atoms with Gasteiger partial charge in [-0.05, 0) is 29.4 Å². The van der Waals surface area contributed by atoms with Gasteiger partial charge in [0.25, 0.3) is 5.91 Å². The molecule has 17 heavy (non-hydrogen) atoms. The van der Waals surface area contributed by atoms with Crippen LogP contribution < -0.4 is 15.7 Å². The number of thiocarbonyl (C=S) groups is 1. The first-order chi connectivity index (χ1) is 8.06. The van der Waals surface area contributed by atoms with Crippen molar-refractivity contribution in [3.63, 3.8) is 0 Å². The van der Waals surface area contributed by atoms with Crippen molar-refractivity contribution in [2.75, 3.05) is 0 Å². The average molecular weight is 247 g/mol. The Morgan fingerprint density at radius 3 is 2.35 bits per heavy atom. The van der Waals surface area contributed by atoms with E-state index in [1.807, 2.05) is 0 Å². The van der Waals surface area contributed by atoms with Crippen molar-refractivity contribution in [3.8, 4) is 0 Å². The van der Waals surface area contributed by atoms with Gasteiger partial charge in [-0.2, -0.15) is 0 Å². The predicted octanol–water partition coefficient (Wildman–Crippen LogP) is -0.605. The molecule has 2 rings (SSSR count). The molecule has 1 fully saturated rings. The molecule has 0 radical (unpaired) electrons. The highest BCUT2D eigenvalue weighted by atomic mass is 32.1. The number of hydrogen-bond acceptors (Lipinski definition) is 4. The maximum Gasteiger partial charge on any atom is 0.273 e. The van der Waals surface area contributed by atoms with Gasteiger partial charge in [-0.3, -0.25) is 10.1 Å². The third-order valence-electron chi connectivity index (χ3n) is 2.18. The summed E-state index contributed by atoms with van der Waals surface area (Å²) in [4.78, 5) is 21.9. The zero-order valence-corrected chi connectivity index (χ0v) is 9.34. The van der Waals surface area contributed by atoms with Crippen LogP contribution in [0.5, 0.6) is 0 Å². The second-order valence-electron chi connectivity index (χ2n) is 3.38.